The molecule has 5 atom stereocenters. The Kier molecular flexibility index (Phi) is 10.5. The fraction of sp³-hybridized carbons (Fsp3) is 0.800. The molecule has 4 amide bonds. The smallest absolute Gasteiger partial charge is 0.422 e. The molecule has 0 aromatic carbocycles. The summed E-state index contributed by atoms with van der Waals surface area (Å²) < 4.78 is 68.8. The molecule has 0 unspecified atom stereocenters. The molecule has 1 aliphatic heterocycles. The lowest BCUT2D eigenvalue weighted by Gasteiger charge is -2.36. The van der Waals surface area contributed by atoms with Crippen molar-refractivity contribution in [1.29, 1.82) is 0 Å². The van der Waals surface area contributed by atoms with Gasteiger partial charge in [-0.2, -0.15) is 13.2 Å². The minimum Gasteiger partial charge on any atom is -0.440 e. The summed E-state index contributed by atoms with van der Waals surface area (Å²) in [6.07, 6.45) is -5.59. The molecule has 15 heteroatoms. The van der Waals surface area contributed by atoms with E-state index in [0.29, 0.717) is 19.8 Å². The highest BCUT2D eigenvalue weighted by Gasteiger charge is 2.52. The molecule has 1 saturated heterocycles. The Morgan fingerprint density at radius 1 is 0.975 bits per heavy atom. The molecular formula is C25H37F5N4O6. The second-order valence-corrected chi connectivity index (χ2v) is 11.5. The first-order valence-electron chi connectivity index (χ1n) is 13.0. The Morgan fingerprint density at radius 3 is 2.12 bits per heavy atom. The van der Waals surface area contributed by atoms with Gasteiger partial charge in [0.05, 0.1) is 6.04 Å². The molecule has 2 aliphatic rings. The van der Waals surface area contributed by atoms with E-state index in [1.807, 2.05) is 0 Å². The van der Waals surface area contributed by atoms with Gasteiger partial charge in [-0.15, -0.1) is 0 Å². The molecule has 228 valence electrons. The first kappa shape index (κ1) is 33.2. The summed E-state index contributed by atoms with van der Waals surface area (Å²) in [4.78, 5) is 65.2. The molecule has 1 aliphatic carbocycles. The second kappa shape index (κ2) is 12.7. The third-order valence-corrected chi connectivity index (χ3v) is 7.14. The van der Waals surface area contributed by atoms with Crippen LogP contribution in [0.5, 0.6) is 0 Å². The standard InChI is InChI=1S/C25H37F5N4O6/c1-23(2,3)18(33-22(39)40-12-25(28,29)30)21(38)34-11-13-7-6-8-14(13)16(34)19(36)32-15(9-10-24(4,26)27)17(35)20(37)31-5/h13-16,18H,6-12H2,1-5H3,(H,31,37)(H,32,36)(H,33,39)/t13-,14-,15-,16-,18+/m0/s1. The van der Waals surface area contributed by atoms with Crippen LogP contribution in [-0.4, -0.2) is 84.9 Å². The molecule has 0 spiro atoms. The van der Waals surface area contributed by atoms with Gasteiger partial charge in [0.1, 0.15) is 12.1 Å². The second-order valence-electron chi connectivity index (χ2n) is 11.5. The summed E-state index contributed by atoms with van der Waals surface area (Å²) in [5.74, 6) is -7.41. The van der Waals surface area contributed by atoms with Crippen LogP contribution in [0.25, 0.3) is 0 Å². The molecule has 0 aromatic rings. The van der Waals surface area contributed by atoms with Crippen LogP contribution in [0.2, 0.25) is 0 Å². The number of nitrogens with zero attached hydrogens (tertiary/aromatic N) is 1. The Bertz CT molecular complexity index is 978. The van der Waals surface area contributed by atoms with Crippen LogP contribution in [0.1, 0.15) is 59.8 Å². The van der Waals surface area contributed by atoms with Gasteiger partial charge in [0.15, 0.2) is 6.61 Å². The van der Waals surface area contributed by atoms with E-state index in [1.54, 1.807) is 20.8 Å². The number of hydrogen-bond donors (Lipinski definition) is 3. The Labute approximate surface area is 229 Å². The van der Waals surface area contributed by atoms with Crippen LogP contribution in [0.4, 0.5) is 26.7 Å². The number of Topliss-reactive ketones (excluding diaryl/α,β-unsaturated/α-hetero) is 1. The SMILES string of the molecule is CNC(=O)C(=O)[C@H](CCC(C)(F)F)NC(=O)[C@@H]1[C@H]2CCC[C@H]2CN1C(=O)[C@@H](NC(=O)OCC(F)(F)F)C(C)(C)C. The monoisotopic (exact) mass is 584 g/mol. The molecule has 2 fully saturated rings. The number of hydrogen-bond acceptors (Lipinski definition) is 6. The number of amides is 4. The number of halogens is 5. The van der Waals surface area contributed by atoms with Crippen molar-refractivity contribution in [1.82, 2.24) is 20.9 Å². The van der Waals surface area contributed by atoms with Gasteiger partial charge in [0, 0.05) is 20.0 Å². The highest BCUT2D eigenvalue weighted by Crippen LogP contribution is 2.43. The number of carbonyl (C=O) groups excluding carboxylic acids is 5. The van der Waals surface area contributed by atoms with Crippen LogP contribution in [-0.2, 0) is 23.9 Å². The lowest BCUT2D eigenvalue weighted by atomic mass is 9.85. The van der Waals surface area contributed by atoms with Gasteiger partial charge < -0.3 is 25.6 Å². The fourth-order valence-corrected chi connectivity index (χ4v) is 5.19. The number of carbonyl (C=O) groups is 5. The zero-order chi connectivity index (χ0) is 30.6. The summed E-state index contributed by atoms with van der Waals surface area (Å²) in [7, 11) is 1.17. The third-order valence-electron chi connectivity index (χ3n) is 7.14. The predicted molar refractivity (Wildman–Crippen MR) is 131 cm³/mol. The molecule has 40 heavy (non-hydrogen) atoms. The largest absolute Gasteiger partial charge is 0.440 e. The molecule has 3 N–H and O–H groups in total. The normalized spacial score (nSPS) is 22.6. The number of fused-ring (bicyclic) bond motifs is 1. The summed E-state index contributed by atoms with van der Waals surface area (Å²) in [6, 6.07) is -4.12. The number of alkyl carbamates (subject to hydrolysis) is 1. The molecule has 0 bridgehead atoms. The van der Waals surface area contributed by atoms with Crippen molar-refractivity contribution < 1.29 is 50.7 Å². The maximum absolute atomic E-state index is 13.7. The van der Waals surface area contributed by atoms with E-state index in [-0.39, 0.29) is 18.4 Å². The van der Waals surface area contributed by atoms with Crippen molar-refractivity contribution in [3.8, 4) is 0 Å². The fourth-order valence-electron chi connectivity index (χ4n) is 5.19. The van der Waals surface area contributed by atoms with Crippen molar-refractivity contribution in [2.24, 2.45) is 17.3 Å². The maximum Gasteiger partial charge on any atom is 0.422 e. The Morgan fingerprint density at radius 2 is 1.60 bits per heavy atom. The van der Waals surface area contributed by atoms with E-state index in [1.165, 1.54) is 11.9 Å². The van der Waals surface area contributed by atoms with Crippen molar-refractivity contribution in [3.05, 3.63) is 0 Å². The molecule has 1 heterocycles. The van der Waals surface area contributed by atoms with E-state index in [2.05, 4.69) is 20.7 Å². The van der Waals surface area contributed by atoms with Gasteiger partial charge in [0.2, 0.25) is 23.5 Å². The lowest BCUT2D eigenvalue weighted by molar-refractivity contribution is -0.160. The number of ether oxygens (including phenoxy) is 1. The van der Waals surface area contributed by atoms with Crippen LogP contribution in [0.15, 0.2) is 0 Å². The van der Waals surface area contributed by atoms with Crippen LogP contribution < -0.4 is 16.0 Å². The van der Waals surface area contributed by atoms with Gasteiger partial charge in [-0.05, 0) is 43.4 Å². The van der Waals surface area contributed by atoms with Gasteiger partial charge in [-0.25, -0.2) is 13.6 Å². The van der Waals surface area contributed by atoms with E-state index < -0.39 is 84.7 Å². The molecule has 2 rings (SSSR count). The number of rotatable bonds is 10. The minimum absolute atomic E-state index is 0.106. The predicted octanol–water partition coefficient (Wildman–Crippen LogP) is 2.55. The quantitative estimate of drug-likeness (QED) is 0.267. The third kappa shape index (κ3) is 9.01. The summed E-state index contributed by atoms with van der Waals surface area (Å²) in [6.45, 7) is 3.57. The number of likely N-dealkylation sites (tertiary alicyclic amines) is 1. The first-order valence-corrected chi connectivity index (χ1v) is 13.0. The average Bonchev–Trinajstić information content (AvgIpc) is 3.42. The van der Waals surface area contributed by atoms with Gasteiger partial charge in [-0.1, -0.05) is 27.2 Å². The maximum atomic E-state index is 13.7. The van der Waals surface area contributed by atoms with Gasteiger partial charge >= 0.3 is 12.3 Å². The van der Waals surface area contributed by atoms with Crippen LogP contribution in [0.3, 0.4) is 0 Å². The highest BCUT2D eigenvalue weighted by molar-refractivity contribution is 6.38. The zero-order valence-electron chi connectivity index (χ0n) is 23.1. The lowest BCUT2D eigenvalue weighted by Crippen LogP contribution is -2.60. The van der Waals surface area contributed by atoms with E-state index in [0.717, 1.165) is 6.42 Å². The Balaban J connectivity index is 2.32. The van der Waals surface area contributed by atoms with Crippen molar-refractivity contribution in [3.63, 3.8) is 0 Å². The summed E-state index contributed by atoms with van der Waals surface area (Å²) >= 11 is 0. The molecule has 10 nitrogen and oxygen atoms in total. The van der Waals surface area contributed by atoms with Crippen molar-refractivity contribution in [2.45, 2.75) is 90.0 Å². The zero-order valence-corrected chi connectivity index (χ0v) is 23.1. The summed E-state index contributed by atoms with van der Waals surface area (Å²) in [5, 5.41) is 6.67. The molecular weight excluding hydrogens is 547 g/mol. The number of likely N-dealkylation sites (N-methyl/N-ethyl adjacent to an activating group) is 1. The minimum atomic E-state index is -4.78. The van der Waals surface area contributed by atoms with E-state index in [4.69, 9.17) is 0 Å². The van der Waals surface area contributed by atoms with Crippen LogP contribution >= 0.6 is 0 Å². The number of ketones is 1. The van der Waals surface area contributed by atoms with Crippen LogP contribution in [0, 0.1) is 17.3 Å². The molecule has 0 aromatic heterocycles. The topological polar surface area (TPSA) is 134 Å². The molecule has 0 radical (unpaired) electrons. The number of alkyl halides is 5. The first-order chi connectivity index (χ1) is 18.2. The molecule has 1 saturated carbocycles. The van der Waals surface area contributed by atoms with Crippen molar-refractivity contribution in [2.75, 3.05) is 20.2 Å². The van der Waals surface area contributed by atoms with Crippen molar-refractivity contribution >= 4 is 29.6 Å². The van der Waals surface area contributed by atoms with Gasteiger partial charge in [-0.3, -0.25) is 19.2 Å². The number of nitrogens with one attached hydrogen (secondary N) is 3. The van der Waals surface area contributed by atoms with Gasteiger partial charge in [0.25, 0.3) is 5.91 Å². The Hall–Kier alpha value is -3.00. The highest BCUT2D eigenvalue weighted by atomic mass is 19.4. The van der Waals surface area contributed by atoms with E-state index >= 15 is 0 Å². The summed E-state index contributed by atoms with van der Waals surface area (Å²) in [5.41, 5.74) is -1.02. The van der Waals surface area contributed by atoms with E-state index in [9.17, 15) is 45.9 Å². The average molecular weight is 585 g/mol.